The van der Waals surface area contributed by atoms with Gasteiger partial charge in [0.05, 0.1) is 11.5 Å². The van der Waals surface area contributed by atoms with Crippen LogP contribution in [0.25, 0.3) is 11.1 Å². The van der Waals surface area contributed by atoms with Crippen LogP contribution < -0.4 is 14.9 Å². The van der Waals surface area contributed by atoms with Crippen molar-refractivity contribution in [2.45, 2.75) is 46.4 Å². The molecule has 1 saturated heterocycles. The Bertz CT molecular complexity index is 2010. The van der Waals surface area contributed by atoms with E-state index in [0.717, 1.165) is 67.5 Å². The average molecular weight is 814 g/mol. The van der Waals surface area contributed by atoms with Crippen LogP contribution in [0.4, 0.5) is 11.4 Å². The fourth-order valence-electron chi connectivity index (χ4n) is 6.88. The first-order valence-electron chi connectivity index (χ1n) is 18.7. The van der Waals surface area contributed by atoms with Crippen molar-refractivity contribution in [3.63, 3.8) is 0 Å². The van der Waals surface area contributed by atoms with Crippen molar-refractivity contribution in [2.24, 2.45) is 5.92 Å². The third kappa shape index (κ3) is 11.9. The predicted octanol–water partition coefficient (Wildman–Crippen LogP) is 9.09. The van der Waals surface area contributed by atoms with Gasteiger partial charge in [-0.15, -0.1) is 24.4 Å². The third-order valence-corrected chi connectivity index (χ3v) is 12.9. The number of thiol groups is 1. The standard InChI is InChI=1S/C44H49ClN4O3S3/c1-48(27-28-50)24-23-37(31-54-39-8-3-2-4-9-39)46-42-20-19-40(30-43(42)53)55(52)47-44(51)34-13-17-38(18-14-34)49-25-21-32(22-26-49)29-35-7-5-6-10-41(35)33-11-15-36(45)16-12-33/h2-20,30,32,37,46,50,53H,21-29,31H2,1H3,(H,47,51). The molecule has 1 amide bonds. The van der Waals surface area contributed by atoms with Crippen LogP contribution in [0.3, 0.4) is 0 Å². The number of piperidine rings is 1. The Morgan fingerprint density at radius 2 is 1.65 bits per heavy atom. The van der Waals surface area contributed by atoms with Crippen molar-refractivity contribution in [1.82, 2.24) is 9.62 Å². The Morgan fingerprint density at radius 3 is 2.36 bits per heavy atom. The van der Waals surface area contributed by atoms with E-state index in [0.29, 0.717) is 27.8 Å². The quantitative estimate of drug-likeness (QED) is 0.0551. The summed E-state index contributed by atoms with van der Waals surface area (Å²) in [4.78, 5) is 20.0. The van der Waals surface area contributed by atoms with Crippen LogP contribution in [0.15, 0.2) is 136 Å². The molecule has 1 fully saturated rings. The van der Waals surface area contributed by atoms with Crippen LogP contribution >= 0.6 is 36.0 Å². The van der Waals surface area contributed by atoms with Crippen molar-refractivity contribution in [2.75, 3.05) is 55.8 Å². The molecule has 3 N–H and O–H groups in total. The van der Waals surface area contributed by atoms with Gasteiger partial charge < -0.3 is 20.2 Å². The van der Waals surface area contributed by atoms with Gasteiger partial charge >= 0.3 is 0 Å². The number of aliphatic hydroxyl groups excluding tert-OH is 1. The Hall–Kier alpha value is -3.77. The van der Waals surface area contributed by atoms with E-state index in [1.165, 1.54) is 21.6 Å². The summed E-state index contributed by atoms with van der Waals surface area (Å²) in [5.41, 5.74) is 6.20. The Kier molecular flexibility index (Phi) is 15.2. The second-order valence-corrected chi connectivity index (χ2v) is 17.2. The lowest BCUT2D eigenvalue weighted by Gasteiger charge is -2.34. The Morgan fingerprint density at radius 1 is 0.945 bits per heavy atom. The van der Waals surface area contributed by atoms with E-state index in [-0.39, 0.29) is 12.6 Å². The number of amides is 1. The molecule has 2 atom stereocenters. The van der Waals surface area contributed by atoms with Crippen LogP contribution in [0, 0.1) is 5.92 Å². The zero-order chi connectivity index (χ0) is 38.6. The first-order valence-corrected chi connectivity index (χ1v) is 21.7. The number of aliphatic hydroxyl groups is 1. The Labute approximate surface area is 342 Å². The molecule has 0 aliphatic carbocycles. The third-order valence-electron chi connectivity index (χ3n) is 10.1. The van der Waals surface area contributed by atoms with E-state index < -0.39 is 16.9 Å². The maximum atomic E-state index is 13.3. The first kappa shape index (κ1) is 40.9. The minimum absolute atomic E-state index is 0.123. The molecule has 1 aliphatic heterocycles. The lowest BCUT2D eigenvalue weighted by atomic mass is 9.87. The number of benzene rings is 5. The van der Waals surface area contributed by atoms with E-state index in [9.17, 15) is 14.1 Å². The Balaban J connectivity index is 1.00. The van der Waals surface area contributed by atoms with Crippen molar-refractivity contribution >= 4 is 64.3 Å². The number of carbonyl (C=O) groups is 1. The molecule has 0 spiro atoms. The average Bonchev–Trinajstić information content (AvgIpc) is 3.21. The monoisotopic (exact) mass is 812 g/mol. The summed E-state index contributed by atoms with van der Waals surface area (Å²) in [5, 5.41) is 13.7. The number of hydrogen-bond acceptors (Lipinski definition) is 8. The predicted molar refractivity (Wildman–Crippen MR) is 233 cm³/mol. The first-order chi connectivity index (χ1) is 26.7. The smallest absolute Gasteiger partial charge is 0.263 e. The second-order valence-electron chi connectivity index (χ2n) is 14.0. The van der Waals surface area contributed by atoms with E-state index in [4.69, 9.17) is 24.2 Å². The summed E-state index contributed by atoms with van der Waals surface area (Å²) in [7, 11) is 0.246. The van der Waals surface area contributed by atoms with Crippen LogP contribution in [0.1, 0.15) is 35.2 Å². The minimum Gasteiger partial charge on any atom is -0.395 e. The number of nitrogens with one attached hydrogen (secondary N) is 2. The van der Waals surface area contributed by atoms with E-state index in [1.54, 1.807) is 36.0 Å². The van der Waals surface area contributed by atoms with Crippen molar-refractivity contribution < 1.29 is 14.1 Å². The highest BCUT2D eigenvalue weighted by atomic mass is 35.5. The molecular weight excluding hydrogens is 764 g/mol. The van der Waals surface area contributed by atoms with Crippen LogP contribution in [-0.2, 0) is 17.4 Å². The number of halogens is 1. The molecule has 1 heterocycles. The SMILES string of the molecule is CN(CCO)CCC(CSc1ccccc1)Nc1ccc(S(=O)NC(=O)c2ccc(N3CCC(Cc4ccccc4-c4ccc(Cl)cc4)CC3)cc2)cc1S. The van der Waals surface area contributed by atoms with Gasteiger partial charge in [0.15, 0.2) is 11.0 Å². The molecule has 5 aromatic carbocycles. The largest absolute Gasteiger partial charge is 0.395 e. The number of rotatable bonds is 17. The van der Waals surface area contributed by atoms with Crippen molar-refractivity contribution in [3.8, 4) is 11.1 Å². The molecule has 0 saturated carbocycles. The van der Waals surface area contributed by atoms with E-state index in [1.807, 2.05) is 55.6 Å². The van der Waals surface area contributed by atoms with Gasteiger partial charge in [-0.2, -0.15) is 0 Å². The minimum atomic E-state index is -1.76. The summed E-state index contributed by atoms with van der Waals surface area (Å²) in [6, 6.07) is 40.1. The fourth-order valence-corrected chi connectivity index (χ4v) is 9.18. The highest BCUT2D eigenvalue weighted by Gasteiger charge is 2.22. The van der Waals surface area contributed by atoms with Crippen LogP contribution in [0.5, 0.6) is 0 Å². The van der Waals surface area contributed by atoms with Gasteiger partial charge in [0.25, 0.3) is 5.91 Å². The van der Waals surface area contributed by atoms with E-state index in [2.05, 4.69) is 68.4 Å². The summed E-state index contributed by atoms with van der Waals surface area (Å²) < 4.78 is 15.9. The van der Waals surface area contributed by atoms with Gasteiger partial charge in [-0.25, -0.2) is 4.21 Å². The van der Waals surface area contributed by atoms with Crippen molar-refractivity contribution in [3.05, 3.63) is 137 Å². The van der Waals surface area contributed by atoms with Gasteiger partial charge in [0.2, 0.25) is 0 Å². The number of likely N-dealkylation sites (N-methyl/N-ethyl adjacent to an activating group) is 1. The van der Waals surface area contributed by atoms with Crippen molar-refractivity contribution in [1.29, 1.82) is 0 Å². The van der Waals surface area contributed by atoms with Crippen LogP contribution in [0.2, 0.25) is 5.02 Å². The zero-order valence-corrected chi connectivity index (χ0v) is 34.4. The molecule has 55 heavy (non-hydrogen) atoms. The topological polar surface area (TPSA) is 84.9 Å². The normalized spacial score (nSPS) is 14.5. The summed E-state index contributed by atoms with van der Waals surface area (Å²) in [6.45, 7) is 3.47. The van der Waals surface area contributed by atoms with E-state index >= 15 is 0 Å². The number of thioether (sulfide) groups is 1. The summed E-state index contributed by atoms with van der Waals surface area (Å²) in [6.07, 6.45) is 4.08. The number of nitrogens with zero attached hydrogens (tertiary/aromatic N) is 2. The molecule has 0 bridgehead atoms. The molecule has 7 nitrogen and oxygen atoms in total. The number of hydrogen-bond donors (Lipinski definition) is 4. The van der Waals surface area contributed by atoms with Crippen LogP contribution in [-0.4, -0.2) is 71.8 Å². The summed E-state index contributed by atoms with van der Waals surface area (Å²) in [5.74, 6) is 1.04. The molecule has 2 unspecified atom stereocenters. The van der Waals surface area contributed by atoms with Gasteiger partial charge in [-0.3, -0.25) is 9.52 Å². The van der Waals surface area contributed by atoms with Gasteiger partial charge in [0, 0.05) is 63.2 Å². The summed E-state index contributed by atoms with van der Waals surface area (Å²) >= 11 is 12.6. The number of carbonyl (C=O) groups excluding carboxylic acids is 1. The van der Waals surface area contributed by atoms with Gasteiger partial charge in [-0.05, 0) is 129 Å². The highest BCUT2D eigenvalue weighted by molar-refractivity contribution is 7.99. The maximum Gasteiger partial charge on any atom is 0.263 e. The molecular formula is C44H49ClN4O3S3. The van der Waals surface area contributed by atoms with Gasteiger partial charge in [0.1, 0.15) is 0 Å². The lowest BCUT2D eigenvalue weighted by molar-refractivity contribution is 0.0983. The molecule has 288 valence electrons. The highest BCUT2D eigenvalue weighted by Crippen LogP contribution is 2.32. The molecule has 11 heteroatoms. The maximum absolute atomic E-state index is 13.3. The fraction of sp³-hybridized carbons (Fsp3) is 0.295. The second kappa shape index (κ2) is 20.4. The molecule has 5 aromatic rings. The molecule has 0 aromatic heterocycles. The number of anilines is 2. The van der Waals surface area contributed by atoms with Gasteiger partial charge in [-0.1, -0.05) is 66.2 Å². The molecule has 1 aliphatic rings. The molecule has 0 radical (unpaired) electrons. The lowest BCUT2D eigenvalue weighted by Crippen LogP contribution is -2.34. The molecule has 6 rings (SSSR count). The zero-order valence-electron chi connectivity index (χ0n) is 31.1.